The second kappa shape index (κ2) is 7.21. The number of hydrogen-bond acceptors (Lipinski definition) is 3. The van der Waals surface area contributed by atoms with Gasteiger partial charge in [0.05, 0.1) is 5.54 Å². The van der Waals surface area contributed by atoms with Gasteiger partial charge in [0.15, 0.2) is 0 Å². The van der Waals surface area contributed by atoms with Crippen LogP contribution in [0, 0.1) is 0 Å². The highest BCUT2D eigenvalue weighted by Gasteiger charge is 2.38. The average Bonchev–Trinajstić information content (AvgIpc) is 2.51. The highest BCUT2D eigenvalue weighted by molar-refractivity contribution is 5.27. The average molecular weight is 287 g/mol. The van der Waals surface area contributed by atoms with E-state index in [0.717, 1.165) is 39.0 Å². The summed E-state index contributed by atoms with van der Waals surface area (Å²) in [5, 5.41) is 0. The first-order valence-corrected chi connectivity index (χ1v) is 7.99. The van der Waals surface area contributed by atoms with Crippen molar-refractivity contribution in [3.05, 3.63) is 48.6 Å². The van der Waals surface area contributed by atoms with Gasteiger partial charge in [-0.3, -0.25) is 4.90 Å². The molecular formula is C18H29N3. The van der Waals surface area contributed by atoms with Gasteiger partial charge in [0, 0.05) is 32.2 Å². The maximum absolute atomic E-state index is 6.92. The fraction of sp³-hybridized carbons (Fsp3) is 0.556. The maximum atomic E-state index is 6.92. The molecule has 2 rings (SSSR count). The van der Waals surface area contributed by atoms with Gasteiger partial charge in [0.25, 0.3) is 0 Å². The minimum atomic E-state index is -0.354. The van der Waals surface area contributed by atoms with Crippen molar-refractivity contribution in [1.82, 2.24) is 9.80 Å². The van der Waals surface area contributed by atoms with Gasteiger partial charge in [0.1, 0.15) is 0 Å². The lowest BCUT2D eigenvalue weighted by molar-refractivity contribution is 0.0640. The Hall–Kier alpha value is -1.16. The van der Waals surface area contributed by atoms with E-state index in [2.05, 4.69) is 60.7 Å². The Balaban J connectivity index is 2.28. The van der Waals surface area contributed by atoms with E-state index in [1.54, 1.807) is 0 Å². The van der Waals surface area contributed by atoms with E-state index in [0.29, 0.717) is 6.04 Å². The number of nitrogens with zero attached hydrogens (tertiary/aromatic N) is 2. The molecule has 1 aromatic rings. The lowest BCUT2D eigenvalue weighted by Gasteiger charge is -2.46. The number of piperazine rings is 1. The fourth-order valence-corrected chi connectivity index (χ4v) is 3.52. The molecule has 2 unspecified atom stereocenters. The molecule has 0 aromatic heterocycles. The summed E-state index contributed by atoms with van der Waals surface area (Å²) in [4.78, 5) is 4.95. The van der Waals surface area contributed by atoms with Crippen molar-refractivity contribution in [3.63, 3.8) is 0 Å². The maximum Gasteiger partial charge on any atom is 0.0601 e. The molecule has 1 aliphatic rings. The molecule has 1 aromatic carbocycles. The number of rotatable bonds is 6. The van der Waals surface area contributed by atoms with E-state index in [4.69, 9.17) is 5.73 Å². The fourth-order valence-electron chi connectivity index (χ4n) is 3.52. The van der Waals surface area contributed by atoms with Crippen molar-refractivity contribution in [1.29, 1.82) is 0 Å². The third-order valence-corrected chi connectivity index (χ3v) is 4.75. The van der Waals surface area contributed by atoms with Gasteiger partial charge in [0.2, 0.25) is 0 Å². The Morgan fingerprint density at radius 2 is 1.86 bits per heavy atom. The van der Waals surface area contributed by atoms with E-state index < -0.39 is 0 Å². The van der Waals surface area contributed by atoms with Gasteiger partial charge >= 0.3 is 0 Å². The summed E-state index contributed by atoms with van der Waals surface area (Å²) in [6.07, 6.45) is 3.83. The normalized spacial score (nSPS) is 21.7. The van der Waals surface area contributed by atoms with Crippen molar-refractivity contribution in [3.8, 4) is 0 Å². The van der Waals surface area contributed by atoms with Crippen molar-refractivity contribution < 1.29 is 0 Å². The first-order valence-electron chi connectivity index (χ1n) is 7.99. The Labute approximate surface area is 129 Å². The number of benzene rings is 1. The summed E-state index contributed by atoms with van der Waals surface area (Å²) in [5.41, 5.74) is 7.79. The highest BCUT2D eigenvalue weighted by atomic mass is 15.3. The number of nitrogens with two attached hydrogens (primary N) is 1. The highest BCUT2D eigenvalue weighted by Crippen LogP contribution is 2.32. The molecule has 1 aliphatic heterocycles. The quantitative estimate of drug-likeness (QED) is 0.816. The lowest BCUT2D eigenvalue weighted by atomic mass is 9.78. The third kappa shape index (κ3) is 3.54. The Morgan fingerprint density at radius 3 is 2.38 bits per heavy atom. The minimum absolute atomic E-state index is 0.353. The predicted molar refractivity (Wildman–Crippen MR) is 90.3 cm³/mol. The van der Waals surface area contributed by atoms with Gasteiger partial charge in [-0.15, -0.1) is 6.58 Å². The van der Waals surface area contributed by atoms with E-state index >= 15 is 0 Å². The molecule has 0 radical (unpaired) electrons. The Bertz CT molecular complexity index is 437. The molecular weight excluding hydrogens is 258 g/mol. The van der Waals surface area contributed by atoms with E-state index in [-0.39, 0.29) is 5.54 Å². The van der Waals surface area contributed by atoms with Crippen LogP contribution in [0.2, 0.25) is 0 Å². The molecule has 1 heterocycles. The van der Waals surface area contributed by atoms with Crippen LogP contribution in [0.15, 0.2) is 43.0 Å². The van der Waals surface area contributed by atoms with Crippen LogP contribution in [0.3, 0.4) is 0 Å². The van der Waals surface area contributed by atoms with Crippen molar-refractivity contribution >= 4 is 0 Å². The molecule has 0 bridgehead atoms. The molecule has 0 spiro atoms. The molecule has 0 saturated carbocycles. The largest absolute Gasteiger partial charge is 0.320 e. The van der Waals surface area contributed by atoms with Crippen molar-refractivity contribution in [2.75, 3.05) is 33.2 Å². The summed E-state index contributed by atoms with van der Waals surface area (Å²) < 4.78 is 0. The SMILES string of the molecule is C=CCC(N)(c1ccccc1)C(CC)N1CCN(C)CC1. The molecule has 1 fully saturated rings. The molecule has 3 nitrogen and oxygen atoms in total. The molecule has 3 heteroatoms. The van der Waals surface area contributed by atoms with Crippen molar-refractivity contribution in [2.45, 2.75) is 31.3 Å². The summed E-state index contributed by atoms with van der Waals surface area (Å²) in [6.45, 7) is 10.6. The van der Waals surface area contributed by atoms with Crippen LogP contribution >= 0.6 is 0 Å². The van der Waals surface area contributed by atoms with Crippen LogP contribution in [-0.4, -0.2) is 49.1 Å². The van der Waals surface area contributed by atoms with Gasteiger partial charge in [-0.25, -0.2) is 0 Å². The molecule has 0 amide bonds. The first kappa shape index (κ1) is 16.2. The van der Waals surface area contributed by atoms with Crippen molar-refractivity contribution in [2.24, 2.45) is 5.73 Å². The Kier molecular flexibility index (Phi) is 5.57. The lowest BCUT2D eigenvalue weighted by Crippen LogP contribution is -2.59. The van der Waals surface area contributed by atoms with Crippen LogP contribution in [0.1, 0.15) is 25.3 Å². The molecule has 1 saturated heterocycles. The zero-order valence-corrected chi connectivity index (χ0v) is 13.5. The zero-order chi connectivity index (χ0) is 15.3. The summed E-state index contributed by atoms with van der Waals surface area (Å²) in [6, 6.07) is 10.9. The second-order valence-corrected chi connectivity index (χ2v) is 6.16. The van der Waals surface area contributed by atoms with Crippen LogP contribution in [0.4, 0.5) is 0 Å². The van der Waals surface area contributed by atoms with E-state index in [9.17, 15) is 0 Å². The molecule has 116 valence electrons. The second-order valence-electron chi connectivity index (χ2n) is 6.16. The zero-order valence-electron chi connectivity index (χ0n) is 13.5. The Morgan fingerprint density at radius 1 is 1.24 bits per heavy atom. The van der Waals surface area contributed by atoms with Crippen LogP contribution in [-0.2, 0) is 5.54 Å². The first-order chi connectivity index (χ1) is 10.1. The molecule has 21 heavy (non-hydrogen) atoms. The number of hydrogen-bond donors (Lipinski definition) is 1. The predicted octanol–water partition coefficient (Wildman–Crippen LogP) is 2.44. The summed E-state index contributed by atoms with van der Waals surface area (Å²) >= 11 is 0. The van der Waals surface area contributed by atoms with E-state index in [1.807, 2.05) is 6.08 Å². The smallest absolute Gasteiger partial charge is 0.0601 e. The standard InChI is InChI=1S/C18H29N3/c1-4-11-18(19,16-9-7-6-8-10-16)17(5-2)21-14-12-20(3)13-15-21/h4,6-10,17H,1,5,11-15,19H2,2-3H3. The van der Waals surface area contributed by atoms with E-state index in [1.165, 1.54) is 5.56 Å². The van der Waals surface area contributed by atoms with Crippen LogP contribution < -0.4 is 5.73 Å². The summed E-state index contributed by atoms with van der Waals surface area (Å²) in [5.74, 6) is 0. The van der Waals surface area contributed by atoms with Gasteiger partial charge < -0.3 is 10.6 Å². The van der Waals surface area contributed by atoms with Crippen LogP contribution in [0.5, 0.6) is 0 Å². The number of likely N-dealkylation sites (N-methyl/N-ethyl adjacent to an activating group) is 1. The van der Waals surface area contributed by atoms with Gasteiger partial charge in [-0.1, -0.05) is 43.3 Å². The minimum Gasteiger partial charge on any atom is -0.320 e. The van der Waals surface area contributed by atoms with Gasteiger partial charge in [-0.2, -0.15) is 0 Å². The third-order valence-electron chi connectivity index (χ3n) is 4.75. The summed E-state index contributed by atoms with van der Waals surface area (Å²) in [7, 11) is 2.19. The molecule has 0 aliphatic carbocycles. The van der Waals surface area contributed by atoms with Gasteiger partial charge in [-0.05, 0) is 25.5 Å². The topological polar surface area (TPSA) is 32.5 Å². The monoisotopic (exact) mass is 287 g/mol. The molecule has 2 N–H and O–H groups in total. The van der Waals surface area contributed by atoms with Crippen LogP contribution in [0.25, 0.3) is 0 Å². The molecule has 2 atom stereocenters.